The van der Waals surface area contributed by atoms with E-state index in [1.165, 1.54) is 51.4 Å². The zero-order valence-corrected chi connectivity index (χ0v) is 14.9. The molecule has 0 saturated heterocycles. The minimum atomic E-state index is -4.57. The number of hydrogen-bond donors (Lipinski definition) is 0. The van der Waals surface area contributed by atoms with E-state index in [1.54, 1.807) is 0 Å². The summed E-state index contributed by atoms with van der Waals surface area (Å²) in [7, 11) is -4.57. The predicted octanol–water partition coefficient (Wildman–Crippen LogP) is 3.40. The van der Waals surface area contributed by atoms with Crippen molar-refractivity contribution in [2.75, 3.05) is 19.8 Å². The van der Waals surface area contributed by atoms with Gasteiger partial charge >= 0.3 is 17.1 Å². The fourth-order valence-electron chi connectivity index (χ4n) is 1.99. The van der Waals surface area contributed by atoms with Crippen LogP contribution in [0.15, 0.2) is 0 Å². The van der Waals surface area contributed by atoms with Gasteiger partial charge in [-0.1, -0.05) is 64.7 Å². The van der Waals surface area contributed by atoms with Gasteiger partial charge in [-0.3, -0.25) is 4.18 Å². The average molecular weight is 365 g/mol. The van der Waals surface area contributed by atoms with E-state index in [1.807, 2.05) is 0 Å². The van der Waals surface area contributed by atoms with Crippen LogP contribution in [0.4, 0.5) is 0 Å². The van der Waals surface area contributed by atoms with Crippen LogP contribution in [0.5, 0.6) is 0 Å². The third-order valence-electron chi connectivity index (χ3n) is 3.10. The average Bonchev–Trinajstić information content (AvgIpc) is 2.38. The molecule has 0 N–H and O–H groups in total. The Hall–Kier alpha value is 0.349. The van der Waals surface area contributed by atoms with Crippen molar-refractivity contribution in [3.63, 3.8) is 0 Å². The largest absolute Gasteiger partial charge is 3.00 e. The Morgan fingerprint density at radius 2 is 1.24 bits per heavy atom. The molecule has 0 unspecified atom stereocenters. The molecule has 0 bridgehead atoms. The molecule has 0 atom stereocenters. The van der Waals surface area contributed by atoms with Crippen molar-refractivity contribution in [2.24, 2.45) is 0 Å². The van der Waals surface area contributed by atoms with Gasteiger partial charge in [0.25, 0.3) is 0 Å². The standard InChI is InChI=1S/C14H30O5S.Fe/c1-2-3-4-5-6-7-8-9-10-11-12-18-13-14-19-20(15,16)17;/h2-14H2,1H3,(H,15,16,17);/q;+3/p-1. The summed E-state index contributed by atoms with van der Waals surface area (Å²) >= 11 is 0. The van der Waals surface area contributed by atoms with Crippen LogP contribution < -0.4 is 0 Å². The number of rotatable bonds is 15. The molecule has 0 fully saturated rings. The normalized spacial score (nSPS) is 11.3. The molecule has 0 heterocycles. The molecular formula is C14H29FeO5S+2. The van der Waals surface area contributed by atoms with Crippen LogP contribution >= 0.6 is 0 Å². The number of unbranched alkanes of at least 4 members (excludes halogenated alkanes) is 9. The van der Waals surface area contributed by atoms with E-state index in [0.29, 0.717) is 6.61 Å². The Morgan fingerprint density at radius 3 is 1.71 bits per heavy atom. The Bertz CT molecular complexity index is 296. The maximum atomic E-state index is 10.1. The minimum Gasteiger partial charge on any atom is -0.726 e. The fraction of sp³-hybridized carbons (Fsp3) is 1.00. The second-order valence-electron chi connectivity index (χ2n) is 5.02. The molecule has 0 amide bonds. The van der Waals surface area contributed by atoms with Crippen LogP contribution in [0.1, 0.15) is 71.1 Å². The molecule has 0 spiro atoms. The van der Waals surface area contributed by atoms with E-state index in [-0.39, 0.29) is 30.3 Å². The molecule has 0 aromatic heterocycles. The first kappa shape index (κ1) is 23.6. The Balaban J connectivity index is 0. The van der Waals surface area contributed by atoms with Crippen molar-refractivity contribution < 1.29 is 39.0 Å². The van der Waals surface area contributed by atoms with Gasteiger partial charge in [0.1, 0.15) is 0 Å². The van der Waals surface area contributed by atoms with Crippen LogP contribution in [0.25, 0.3) is 0 Å². The second-order valence-corrected chi connectivity index (χ2v) is 6.08. The third kappa shape index (κ3) is 22.8. The molecule has 5 nitrogen and oxygen atoms in total. The molecule has 1 radical (unpaired) electrons. The van der Waals surface area contributed by atoms with Gasteiger partial charge in [-0.25, -0.2) is 8.42 Å². The van der Waals surface area contributed by atoms with Gasteiger partial charge in [0.2, 0.25) is 10.4 Å². The molecule has 21 heavy (non-hydrogen) atoms. The molecule has 0 aromatic carbocycles. The van der Waals surface area contributed by atoms with E-state index in [9.17, 15) is 13.0 Å². The molecule has 0 rings (SSSR count). The van der Waals surface area contributed by atoms with Crippen LogP contribution in [0, 0.1) is 0 Å². The quantitative estimate of drug-likeness (QED) is 0.192. The van der Waals surface area contributed by atoms with Gasteiger partial charge in [-0.15, -0.1) is 0 Å². The van der Waals surface area contributed by atoms with Gasteiger partial charge < -0.3 is 9.29 Å². The van der Waals surface area contributed by atoms with Crippen molar-refractivity contribution in [3.05, 3.63) is 0 Å². The van der Waals surface area contributed by atoms with Crippen LogP contribution in [0.3, 0.4) is 0 Å². The zero-order chi connectivity index (χ0) is 15.1. The first-order chi connectivity index (χ1) is 9.56. The third-order valence-corrected chi connectivity index (χ3v) is 3.55. The van der Waals surface area contributed by atoms with Gasteiger partial charge in [0.05, 0.1) is 13.2 Å². The van der Waals surface area contributed by atoms with Crippen LogP contribution in [-0.4, -0.2) is 32.8 Å². The molecule has 0 aliphatic carbocycles. The van der Waals surface area contributed by atoms with Crippen LogP contribution in [0.2, 0.25) is 0 Å². The summed E-state index contributed by atoms with van der Waals surface area (Å²) in [5.41, 5.74) is 0. The van der Waals surface area contributed by atoms with Crippen molar-refractivity contribution in [1.82, 2.24) is 0 Å². The smallest absolute Gasteiger partial charge is 0.726 e. The molecule has 0 aliphatic rings. The molecular weight excluding hydrogens is 336 g/mol. The molecule has 0 aliphatic heterocycles. The Morgan fingerprint density at radius 1 is 0.762 bits per heavy atom. The summed E-state index contributed by atoms with van der Waals surface area (Å²) in [6.07, 6.45) is 12.7. The summed E-state index contributed by atoms with van der Waals surface area (Å²) < 4.78 is 39.5. The maximum absolute atomic E-state index is 10.1. The Kier molecular flexibility index (Phi) is 18.8. The van der Waals surface area contributed by atoms with Gasteiger partial charge in [0, 0.05) is 6.61 Å². The van der Waals surface area contributed by atoms with Gasteiger partial charge in [0.15, 0.2) is 0 Å². The van der Waals surface area contributed by atoms with Crippen molar-refractivity contribution in [2.45, 2.75) is 71.1 Å². The topological polar surface area (TPSA) is 75.7 Å². The van der Waals surface area contributed by atoms with E-state index < -0.39 is 10.4 Å². The fourth-order valence-corrected chi connectivity index (χ4v) is 2.26. The summed E-state index contributed by atoms with van der Waals surface area (Å²) in [6.45, 7) is 2.79. The van der Waals surface area contributed by atoms with E-state index in [4.69, 9.17) is 4.74 Å². The predicted molar refractivity (Wildman–Crippen MR) is 78.3 cm³/mol. The summed E-state index contributed by atoms with van der Waals surface area (Å²) in [4.78, 5) is 0. The first-order valence-electron chi connectivity index (χ1n) is 7.74. The van der Waals surface area contributed by atoms with Crippen molar-refractivity contribution >= 4 is 10.4 Å². The Labute approximate surface area is 140 Å². The van der Waals surface area contributed by atoms with E-state index in [2.05, 4.69) is 11.1 Å². The maximum Gasteiger partial charge on any atom is 3.00 e. The summed E-state index contributed by atoms with van der Waals surface area (Å²) in [5, 5.41) is 0. The first-order valence-corrected chi connectivity index (χ1v) is 9.07. The summed E-state index contributed by atoms with van der Waals surface area (Å²) in [6, 6.07) is 0. The SMILES string of the molecule is CCCCCCCCCCCCOCCOS(=O)(=O)[O-].[Fe+3]. The van der Waals surface area contributed by atoms with Crippen LogP contribution in [-0.2, 0) is 36.4 Å². The number of hydrogen-bond acceptors (Lipinski definition) is 5. The molecule has 0 aromatic rings. The van der Waals surface area contributed by atoms with Crippen molar-refractivity contribution in [3.8, 4) is 0 Å². The molecule has 7 heteroatoms. The minimum absolute atomic E-state index is 0. The molecule has 0 saturated carbocycles. The van der Waals surface area contributed by atoms with E-state index >= 15 is 0 Å². The van der Waals surface area contributed by atoms with Gasteiger partial charge in [-0.05, 0) is 6.42 Å². The summed E-state index contributed by atoms with van der Waals surface area (Å²) in [5.74, 6) is 0. The second kappa shape index (κ2) is 16.7. The zero-order valence-electron chi connectivity index (χ0n) is 13.0. The monoisotopic (exact) mass is 365 g/mol. The molecule has 127 valence electrons. The van der Waals surface area contributed by atoms with Crippen molar-refractivity contribution in [1.29, 1.82) is 0 Å². The van der Waals surface area contributed by atoms with E-state index in [0.717, 1.165) is 12.8 Å². The number of ether oxygens (including phenoxy) is 1. The van der Waals surface area contributed by atoms with Gasteiger partial charge in [-0.2, -0.15) is 0 Å².